The number of aliphatic carboxylic acids is 1. The number of carboxylic acid groups (broad SMARTS) is 1. The zero-order valence-electron chi connectivity index (χ0n) is 13.8. The largest absolute Gasteiger partial charge is 0.480 e. The first-order valence-corrected chi connectivity index (χ1v) is 9.06. The maximum Gasteiger partial charge on any atom is 0.320 e. The van der Waals surface area contributed by atoms with Crippen molar-refractivity contribution in [3.63, 3.8) is 0 Å². The number of likely N-dealkylation sites (tertiary alicyclic amines) is 1. The zero-order chi connectivity index (χ0) is 17.4. The number of hydrogen-bond acceptors (Lipinski definition) is 5. The molecule has 1 saturated carbocycles. The minimum Gasteiger partial charge on any atom is -0.480 e. The average Bonchev–Trinajstić information content (AvgIpc) is 3.21. The van der Waals surface area contributed by atoms with Crippen LogP contribution in [0, 0.1) is 5.92 Å². The van der Waals surface area contributed by atoms with Gasteiger partial charge in [0.2, 0.25) is 11.7 Å². The van der Waals surface area contributed by atoms with Gasteiger partial charge in [-0.05, 0) is 49.4 Å². The molecule has 2 aliphatic rings. The van der Waals surface area contributed by atoms with Crippen molar-refractivity contribution in [2.75, 3.05) is 0 Å². The van der Waals surface area contributed by atoms with Gasteiger partial charge in [0.25, 0.3) is 0 Å². The summed E-state index contributed by atoms with van der Waals surface area (Å²) in [5.41, 5.74) is 0.825. The van der Waals surface area contributed by atoms with Crippen molar-refractivity contribution < 1.29 is 14.4 Å². The molecule has 1 aliphatic carbocycles. The number of nitrogens with zero attached hydrogens (tertiary/aromatic N) is 3. The van der Waals surface area contributed by atoms with Crippen molar-refractivity contribution >= 4 is 17.6 Å². The van der Waals surface area contributed by atoms with E-state index in [-0.39, 0.29) is 0 Å². The van der Waals surface area contributed by atoms with Crippen LogP contribution in [0.25, 0.3) is 11.4 Å². The highest BCUT2D eigenvalue weighted by Gasteiger charge is 2.45. The lowest BCUT2D eigenvalue weighted by atomic mass is 9.85. The fourth-order valence-corrected chi connectivity index (χ4v) is 4.34. The molecule has 1 saturated heterocycles. The molecule has 0 spiro atoms. The molecule has 1 aliphatic heterocycles. The Morgan fingerprint density at radius 3 is 2.80 bits per heavy atom. The SMILES string of the molecule is O=C(O)[C@@H]1C[C@H]2CCCC[C@@H]2N1Cc1nc(-c2ccc(Cl)cc2)no1. The van der Waals surface area contributed by atoms with Crippen molar-refractivity contribution in [3.05, 3.63) is 35.2 Å². The van der Waals surface area contributed by atoms with Crippen LogP contribution in [0.4, 0.5) is 0 Å². The van der Waals surface area contributed by atoms with Crippen LogP contribution in [0.5, 0.6) is 0 Å². The number of hydrogen-bond donors (Lipinski definition) is 1. The minimum absolute atomic E-state index is 0.306. The van der Waals surface area contributed by atoms with E-state index in [9.17, 15) is 9.90 Å². The van der Waals surface area contributed by atoms with Gasteiger partial charge in [-0.25, -0.2) is 0 Å². The third-order valence-electron chi connectivity index (χ3n) is 5.39. The Labute approximate surface area is 150 Å². The van der Waals surface area contributed by atoms with Crippen LogP contribution >= 0.6 is 11.6 Å². The highest BCUT2D eigenvalue weighted by Crippen LogP contribution is 2.40. The maximum atomic E-state index is 11.7. The van der Waals surface area contributed by atoms with E-state index >= 15 is 0 Å². The molecule has 2 heterocycles. The lowest BCUT2D eigenvalue weighted by molar-refractivity contribution is -0.143. The molecule has 0 radical (unpaired) electrons. The third kappa shape index (κ3) is 3.28. The van der Waals surface area contributed by atoms with Crippen LogP contribution in [0.2, 0.25) is 5.02 Å². The molecule has 4 rings (SSSR count). The van der Waals surface area contributed by atoms with E-state index in [0.717, 1.165) is 31.2 Å². The summed E-state index contributed by atoms with van der Waals surface area (Å²) in [6.07, 6.45) is 5.24. The van der Waals surface area contributed by atoms with Gasteiger partial charge in [-0.1, -0.05) is 29.6 Å². The average molecular weight is 362 g/mol. The van der Waals surface area contributed by atoms with Gasteiger partial charge in [0.1, 0.15) is 6.04 Å². The van der Waals surface area contributed by atoms with Gasteiger partial charge in [0, 0.05) is 16.6 Å². The minimum atomic E-state index is -0.758. The van der Waals surface area contributed by atoms with Gasteiger partial charge in [0.05, 0.1) is 6.54 Å². The number of rotatable bonds is 4. The Hall–Kier alpha value is -1.92. The van der Waals surface area contributed by atoms with Crippen molar-refractivity contribution in [2.24, 2.45) is 5.92 Å². The van der Waals surface area contributed by atoms with Gasteiger partial charge in [-0.2, -0.15) is 4.98 Å². The lowest BCUT2D eigenvalue weighted by Crippen LogP contribution is -2.41. The summed E-state index contributed by atoms with van der Waals surface area (Å²) < 4.78 is 5.39. The molecule has 3 atom stereocenters. The summed E-state index contributed by atoms with van der Waals surface area (Å²) in [6, 6.07) is 7.08. The van der Waals surface area contributed by atoms with E-state index in [1.54, 1.807) is 12.1 Å². The Balaban J connectivity index is 1.54. The van der Waals surface area contributed by atoms with Crippen LogP contribution in [-0.2, 0) is 11.3 Å². The molecule has 132 valence electrons. The number of halogens is 1. The molecule has 7 heteroatoms. The normalized spacial score (nSPS) is 26.5. The highest BCUT2D eigenvalue weighted by atomic mass is 35.5. The summed E-state index contributed by atoms with van der Waals surface area (Å²) in [5, 5.41) is 14.3. The Bertz CT molecular complexity index is 761. The lowest BCUT2D eigenvalue weighted by Gasteiger charge is -2.31. The maximum absolute atomic E-state index is 11.7. The molecule has 2 aromatic rings. The molecule has 1 aromatic heterocycles. The van der Waals surface area contributed by atoms with Gasteiger partial charge in [-0.3, -0.25) is 9.69 Å². The molecule has 0 unspecified atom stereocenters. The number of carboxylic acids is 1. The Morgan fingerprint density at radius 1 is 1.28 bits per heavy atom. The predicted molar refractivity (Wildman–Crippen MR) is 92.1 cm³/mol. The Morgan fingerprint density at radius 2 is 2.04 bits per heavy atom. The van der Waals surface area contributed by atoms with Crippen LogP contribution in [0.15, 0.2) is 28.8 Å². The van der Waals surface area contributed by atoms with Crippen LogP contribution in [0.3, 0.4) is 0 Å². The summed E-state index contributed by atoms with van der Waals surface area (Å²) in [5.74, 6) is 0.667. The second-order valence-corrected chi connectivity index (χ2v) is 7.33. The van der Waals surface area contributed by atoms with E-state index in [2.05, 4.69) is 10.1 Å². The predicted octanol–water partition coefficient (Wildman–Crippen LogP) is 3.61. The molecule has 0 amide bonds. The number of benzene rings is 1. The second-order valence-electron chi connectivity index (χ2n) is 6.89. The fraction of sp³-hybridized carbons (Fsp3) is 0.500. The summed E-state index contributed by atoms with van der Waals surface area (Å²) in [7, 11) is 0. The van der Waals surface area contributed by atoms with Gasteiger partial charge in [0.15, 0.2) is 0 Å². The van der Waals surface area contributed by atoms with Crippen molar-refractivity contribution in [2.45, 2.75) is 50.7 Å². The fourth-order valence-electron chi connectivity index (χ4n) is 4.21. The third-order valence-corrected chi connectivity index (χ3v) is 5.65. The van der Waals surface area contributed by atoms with Crippen LogP contribution < -0.4 is 0 Å². The first-order valence-electron chi connectivity index (χ1n) is 8.69. The molecule has 25 heavy (non-hydrogen) atoms. The first-order chi connectivity index (χ1) is 12.1. The Kier molecular flexibility index (Phi) is 4.48. The second kappa shape index (κ2) is 6.77. The number of fused-ring (bicyclic) bond motifs is 1. The van der Waals surface area contributed by atoms with E-state index in [1.807, 2.05) is 17.0 Å². The summed E-state index contributed by atoms with van der Waals surface area (Å²) in [6.45, 7) is 0.388. The van der Waals surface area contributed by atoms with E-state index in [0.29, 0.717) is 35.2 Å². The molecular weight excluding hydrogens is 342 g/mol. The molecule has 1 N–H and O–H groups in total. The van der Waals surface area contributed by atoms with Crippen molar-refractivity contribution in [1.29, 1.82) is 0 Å². The van der Waals surface area contributed by atoms with Gasteiger partial charge < -0.3 is 9.63 Å². The van der Waals surface area contributed by atoms with E-state index in [4.69, 9.17) is 16.1 Å². The topological polar surface area (TPSA) is 79.5 Å². The standard InChI is InChI=1S/C18H20ClN3O3/c19-13-7-5-11(6-8-13)17-20-16(25-21-17)10-22-14-4-2-1-3-12(14)9-15(22)18(23)24/h5-8,12,14-15H,1-4,9-10H2,(H,23,24)/t12-,14+,15+/m1/s1. The molecular formula is C18H20ClN3O3. The highest BCUT2D eigenvalue weighted by molar-refractivity contribution is 6.30. The molecule has 2 fully saturated rings. The van der Waals surface area contributed by atoms with Crippen LogP contribution in [-0.4, -0.2) is 38.2 Å². The van der Waals surface area contributed by atoms with Crippen molar-refractivity contribution in [1.82, 2.24) is 15.0 Å². The number of carbonyl (C=O) groups is 1. The monoisotopic (exact) mass is 361 g/mol. The van der Waals surface area contributed by atoms with E-state index < -0.39 is 12.0 Å². The zero-order valence-corrected chi connectivity index (χ0v) is 14.5. The quantitative estimate of drug-likeness (QED) is 0.896. The number of aromatic nitrogens is 2. The smallest absolute Gasteiger partial charge is 0.320 e. The molecule has 0 bridgehead atoms. The van der Waals surface area contributed by atoms with Crippen LogP contribution in [0.1, 0.15) is 38.0 Å². The van der Waals surface area contributed by atoms with E-state index in [1.165, 1.54) is 6.42 Å². The molecule has 6 nitrogen and oxygen atoms in total. The first kappa shape index (κ1) is 16.5. The van der Waals surface area contributed by atoms with Gasteiger partial charge in [-0.15, -0.1) is 0 Å². The van der Waals surface area contributed by atoms with Crippen molar-refractivity contribution in [3.8, 4) is 11.4 Å². The summed E-state index contributed by atoms with van der Waals surface area (Å²) >= 11 is 5.90. The van der Waals surface area contributed by atoms with Gasteiger partial charge >= 0.3 is 5.97 Å². The molecule has 1 aromatic carbocycles. The summed E-state index contributed by atoms with van der Waals surface area (Å²) in [4.78, 5) is 18.2.